The molecule has 1 heterocycles. The van der Waals surface area contributed by atoms with E-state index in [0.717, 1.165) is 12.8 Å². The van der Waals surface area contributed by atoms with E-state index < -0.39 is 49.3 Å². The first-order valence-corrected chi connectivity index (χ1v) is 10.0. The third-order valence-corrected chi connectivity index (χ3v) is 7.47. The molecule has 0 aromatic rings. The van der Waals surface area contributed by atoms with Crippen LogP contribution in [0.15, 0.2) is 0 Å². The monoisotopic (exact) mass is 399 g/mol. The number of hydrogen-bond acceptors (Lipinski definition) is 8. The van der Waals surface area contributed by atoms with Crippen LogP contribution in [0, 0.1) is 16.7 Å². The number of aliphatic hydroxyl groups is 4. The third kappa shape index (κ3) is 2.71. The van der Waals surface area contributed by atoms with Gasteiger partial charge in [-0.3, -0.25) is 4.79 Å². The molecule has 0 radical (unpaired) electrons. The molecule has 9 atom stereocenters. The van der Waals surface area contributed by atoms with E-state index in [2.05, 4.69) is 6.92 Å². The number of carbonyl (C=O) groups excluding carboxylic acids is 2. The first-order chi connectivity index (χ1) is 13.2. The SMILES string of the molecule is CCCC(=O)N(C(=O)OC1CC2CC23CC13C)[C@H]1C(O)O[C@H](CO)[C@@H](O)[C@@H]1O. The second-order valence-corrected chi connectivity index (χ2v) is 8.99. The van der Waals surface area contributed by atoms with Gasteiger partial charge in [0.25, 0.3) is 0 Å². The Morgan fingerprint density at radius 1 is 1.25 bits per heavy atom. The number of amides is 2. The van der Waals surface area contributed by atoms with E-state index >= 15 is 0 Å². The summed E-state index contributed by atoms with van der Waals surface area (Å²) in [5.41, 5.74) is 0.238. The maximum absolute atomic E-state index is 13.0. The zero-order chi connectivity index (χ0) is 20.4. The molecule has 158 valence electrons. The highest BCUT2D eigenvalue weighted by molar-refractivity contribution is 5.92. The van der Waals surface area contributed by atoms with Crippen LogP contribution in [0.3, 0.4) is 0 Å². The van der Waals surface area contributed by atoms with E-state index in [1.54, 1.807) is 6.92 Å². The van der Waals surface area contributed by atoms with Crippen molar-refractivity contribution in [3.8, 4) is 0 Å². The molecule has 9 heteroatoms. The molecule has 9 nitrogen and oxygen atoms in total. The average molecular weight is 399 g/mol. The van der Waals surface area contributed by atoms with Crippen molar-refractivity contribution in [3.05, 3.63) is 0 Å². The molecular weight excluding hydrogens is 370 g/mol. The summed E-state index contributed by atoms with van der Waals surface area (Å²) in [6.45, 7) is 3.24. The molecule has 4 aliphatic rings. The quantitative estimate of drug-likeness (QED) is 0.496. The van der Waals surface area contributed by atoms with E-state index in [1.165, 1.54) is 6.42 Å². The molecule has 0 aromatic carbocycles. The number of carbonyl (C=O) groups is 2. The average Bonchev–Trinajstić information content (AvgIpc) is 3.48. The van der Waals surface area contributed by atoms with Gasteiger partial charge in [0.1, 0.15) is 30.5 Å². The number of hydrogen-bond donors (Lipinski definition) is 4. The summed E-state index contributed by atoms with van der Waals surface area (Å²) in [5.74, 6) is -0.0518. The van der Waals surface area contributed by atoms with Crippen molar-refractivity contribution in [3.63, 3.8) is 0 Å². The fourth-order valence-electron chi connectivity index (χ4n) is 5.61. The molecule has 4 N–H and O–H groups in total. The van der Waals surface area contributed by atoms with Gasteiger partial charge in [0.05, 0.1) is 6.61 Å². The highest BCUT2D eigenvalue weighted by Crippen LogP contribution is 2.89. The molecule has 2 amide bonds. The second kappa shape index (κ2) is 6.63. The van der Waals surface area contributed by atoms with E-state index in [9.17, 15) is 30.0 Å². The van der Waals surface area contributed by atoms with Crippen molar-refractivity contribution in [1.82, 2.24) is 4.90 Å². The predicted octanol–water partition coefficient (Wildman–Crippen LogP) is -0.260. The summed E-state index contributed by atoms with van der Waals surface area (Å²) in [4.78, 5) is 26.3. The Balaban J connectivity index is 1.53. The Morgan fingerprint density at radius 3 is 2.50 bits per heavy atom. The van der Waals surface area contributed by atoms with Crippen LogP contribution >= 0.6 is 0 Å². The Bertz CT molecular complexity index is 672. The normalized spacial score (nSPS) is 48.4. The highest BCUT2D eigenvalue weighted by atomic mass is 16.6. The lowest BCUT2D eigenvalue weighted by Crippen LogP contribution is -2.66. The summed E-state index contributed by atoms with van der Waals surface area (Å²) < 4.78 is 10.8. The molecule has 1 aliphatic heterocycles. The highest BCUT2D eigenvalue weighted by Gasteiger charge is 2.85. The molecule has 28 heavy (non-hydrogen) atoms. The molecule has 3 saturated carbocycles. The fraction of sp³-hybridized carbons (Fsp3) is 0.895. The van der Waals surface area contributed by atoms with E-state index in [0.29, 0.717) is 22.7 Å². The van der Waals surface area contributed by atoms with Gasteiger partial charge in [-0.2, -0.15) is 0 Å². The van der Waals surface area contributed by atoms with Crippen LogP contribution in [0.5, 0.6) is 0 Å². The van der Waals surface area contributed by atoms with Gasteiger partial charge in [0.2, 0.25) is 5.91 Å². The second-order valence-electron chi connectivity index (χ2n) is 8.99. The van der Waals surface area contributed by atoms with Gasteiger partial charge in [0, 0.05) is 11.8 Å². The lowest BCUT2D eigenvalue weighted by atomic mass is 9.95. The predicted molar refractivity (Wildman–Crippen MR) is 93.7 cm³/mol. The topological polar surface area (TPSA) is 137 Å². The minimum atomic E-state index is -1.75. The van der Waals surface area contributed by atoms with Crippen molar-refractivity contribution in [2.24, 2.45) is 16.7 Å². The first-order valence-electron chi connectivity index (χ1n) is 10.0. The summed E-state index contributed by atoms with van der Waals surface area (Å²) in [5, 5.41) is 40.1. The van der Waals surface area contributed by atoms with Crippen LogP contribution in [-0.2, 0) is 14.3 Å². The Kier molecular flexibility index (Phi) is 4.74. The minimum absolute atomic E-state index is 0.0130. The maximum atomic E-state index is 13.0. The molecule has 1 saturated heterocycles. The van der Waals surface area contributed by atoms with Gasteiger partial charge >= 0.3 is 6.09 Å². The van der Waals surface area contributed by atoms with E-state index in [4.69, 9.17) is 9.47 Å². The van der Waals surface area contributed by atoms with Gasteiger partial charge in [-0.15, -0.1) is 0 Å². The standard InChI is InChI=1S/C19H29NO8/c1-3-4-12(22)20(13-15(24)14(23)10(7-21)27-16(13)25)17(26)28-11-5-9-6-19(9)8-18(11,19)2/h9-11,13-16,21,23-25H,3-8H2,1-2H3/t9?,10-,11?,13-,14-,15-,16?,18?,19?/m1/s1. The molecule has 0 aromatic heterocycles. The summed E-state index contributed by atoms with van der Waals surface area (Å²) in [7, 11) is 0. The minimum Gasteiger partial charge on any atom is -0.445 e. The molecule has 4 rings (SSSR count). The van der Waals surface area contributed by atoms with Gasteiger partial charge in [-0.1, -0.05) is 13.8 Å². The Morgan fingerprint density at radius 2 is 1.96 bits per heavy atom. The molecule has 1 spiro atoms. The summed E-state index contributed by atoms with van der Waals surface area (Å²) in [6, 6.07) is -1.51. The number of ether oxygens (including phenoxy) is 2. The van der Waals surface area contributed by atoms with Gasteiger partial charge < -0.3 is 29.9 Å². The largest absolute Gasteiger partial charge is 0.445 e. The fourth-order valence-corrected chi connectivity index (χ4v) is 5.61. The third-order valence-electron chi connectivity index (χ3n) is 7.47. The zero-order valence-electron chi connectivity index (χ0n) is 16.2. The molecule has 5 unspecified atom stereocenters. The first kappa shape index (κ1) is 20.0. The van der Waals surface area contributed by atoms with Crippen LogP contribution in [0.25, 0.3) is 0 Å². The molecule has 3 aliphatic carbocycles. The lowest BCUT2D eigenvalue weighted by Gasteiger charge is -2.44. The Hall–Kier alpha value is -1.26. The van der Waals surface area contributed by atoms with Gasteiger partial charge in [-0.25, -0.2) is 9.69 Å². The zero-order valence-corrected chi connectivity index (χ0v) is 16.2. The van der Waals surface area contributed by atoms with Crippen LogP contribution in [0.4, 0.5) is 4.79 Å². The van der Waals surface area contributed by atoms with Crippen LogP contribution < -0.4 is 0 Å². The number of imide groups is 1. The van der Waals surface area contributed by atoms with Gasteiger partial charge in [0.15, 0.2) is 6.29 Å². The van der Waals surface area contributed by atoms with Crippen molar-refractivity contribution in [2.75, 3.05) is 6.61 Å². The smallest absolute Gasteiger partial charge is 0.417 e. The van der Waals surface area contributed by atoms with Crippen molar-refractivity contribution < 1.29 is 39.5 Å². The summed E-state index contributed by atoms with van der Waals surface area (Å²) >= 11 is 0. The number of nitrogens with zero attached hydrogens (tertiary/aromatic N) is 1. The summed E-state index contributed by atoms with van der Waals surface area (Å²) in [6.07, 6.45) is -4.02. The molecule has 0 bridgehead atoms. The van der Waals surface area contributed by atoms with Crippen molar-refractivity contribution >= 4 is 12.0 Å². The Labute approximate surface area is 163 Å². The van der Waals surface area contributed by atoms with Crippen LogP contribution in [0.1, 0.15) is 46.0 Å². The van der Waals surface area contributed by atoms with Gasteiger partial charge in [-0.05, 0) is 37.0 Å². The number of aliphatic hydroxyl groups excluding tert-OH is 4. The van der Waals surface area contributed by atoms with E-state index in [1.807, 2.05) is 0 Å². The van der Waals surface area contributed by atoms with E-state index in [-0.39, 0.29) is 17.9 Å². The van der Waals surface area contributed by atoms with Crippen LogP contribution in [-0.4, -0.2) is 80.7 Å². The van der Waals surface area contributed by atoms with Crippen LogP contribution in [0.2, 0.25) is 0 Å². The molecule has 4 fully saturated rings. The number of rotatable bonds is 5. The lowest BCUT2D eigenvalue weighted by molar-refractivity contribution is -0.267. The van der Waals surface area contributed by atoms with Crippen molar-refractivity contribution in [2.45, 2.75) is 82.7 Å². The maximum Gasteiger partial charge on any atom is 0.417 e. The van der Waals surface area contributed by atoms with Crippen molar-refractivity contribution in [1.29, 1.82) is 0 Å². The molecular formula is C19H29NO8.